The van der Waals surface area contributed by atoms with Crippen LogP contribution in [-0.4, -0.2) is 538 Å². The van der Waals surface area contributed by atoms with Crippen LogP contribution in [0.2, 0.25) is 0 Å². The molecule has 0 unspecified atom stereocenters. The van der Waals surface area contributed by atoms with Crippen LogP contribution >= 0.6 is 0 Å². The Morgan fingerprint density at radius 3 is 1.01 bits per heavy atom. The zero-order valence-electron chi connectivity index (χ0n) is 96.8. The van der Waals surface area contributed by atoms with E-state index in [1.807, 2.05) is 0 Å². The number of carbonyl (C=O) groups is 1. The van der Waals surface area contributed by atoms with Crippen molar-refractivity contribution in [2.24, 2.45) is 106 Å². The molecule has 17 N–H and O–H groups in total. The van der Waals surface area contributed by atoms with Crippen LogP contribution in [0, 0.1) is 106 Å². The van der Waals surface area contributed by atoms with Gasteiger partial charge in [-0.05, 0) is 162 Å². The Morgan fingerprint density at radius 1 is 0.343 bits per heavy atom. The lowest BCUT2D eigenvalue weighted by molar-refractivity contribution is -0.120. The minimum absolute atomic E-state index is 0.0567. The molecule has 0 radical (unpaired) electrons. The van der Waals surface area contributed by atoms with Gasteiger partial charge in [0.2, 0.25) is 0 Å². The van der Waals surface area contributed by atoms with Gasteiger partial charge in [0, 0.05) is 303 Å². The van der Waals surface area contributed by atoms with E-state index in [0.29, 0.717) is 106 Å². The predicted octanol–water partition coefficient (Wildman–Crippen LogP) is 5.46. The van der Waals surface area contributed by atoms with Gasteiger partial charge in [0.15, 0.2) is 0 Å². The van der Waals surface area contributed by atoms with Crippen molar-refractivity contribution >= 4 is 5.78 Å². The molecule has 0 aromatic carbocycles. The van der Waals surface area contributed by atoms with Crippen LogP contribution in [0.1, 0.15) is 218 Å². The number of rotatable bonds is 44. The van der Waals surface area contributed by atoms with Crippen molar-refractivity contribution in [1.82, 2.24) is 74.3 Å². The third kappa shape index (κ3) is 73.4. The van der Waals surface area contributed by atoms with Crippen molar-refractivity contribution in [1.29, 1.82) is 0 Å². The Hall–Kier alpha value is -1.57. The highest BCUT2D eigenvalue weighted by Gasteiger charge is 2.42. The SMILES string of the molecule is CC(C)CN1CC(CO)(CO)C1.CC(C)CN1CC(CO)C1.CC(C)CN1CC(COCCO)C1.CC(C)CN1CCC(CO)(CO)CC1.CC(C)CN1CCC(CO)CC1.CC(C)CN1CCN(C)CC1.CC(C)CN1CCN(CCO)CC1.CC(C)CN1CCNCC1.CC(C)CN1CC[C@@H](O)C1.CC(C)CN1C[C@@H](O)[C@@H](O)C1.CC(C)CN1C[C@H](O)[C@@H](O)C1.CC(C)CNCCCC(=O)CC(CO)CO. The van der Waals surface area contributed by atoms with E-state index < -0.39 is 24.4 Å². The predicted molar refractivity (Wildman–Crippen MR) is 591 cm³/mol. The molecule has 143 heavy (non-hydrogen) atoms. The molecule has 11 fully saturated rings. The third-order valence-electron chi connectivity index (χ3n) is 27.1. The first kappa shape index (κ1) is 141. The van der Waals surface area contributed by atoms with Gasteiger partial charge in [0.1, 0.15) is 5.78 Å². The lowest BCUT2D eigenvalue weighted by Crippen LogP contribution is -2.60. The van der Waals surface area contributed by atoms with Crippen LogP contribution < -0.4 is 10.6 Å². The molecule has 858 valence electrons. The highest BCUT2D eigenvalue weighted by Crippen LogP contribution is 2.32. The van der Waals surface area contributed by atoms with Crippen LogP contribution in [0.25, 0.3) is 0 Å². The first-order valence-electron chi connectivity index (χ1n) is 56.9. The molecule has 0 aromatic heterocycles. The standard InChI is InChI=1S/C12H25NO3.C11H23NO2.C10H22N2O.C10H21NO2.C10H21NO.C9H20N2.C9H19NO2.C8H18N2.2C8H17NO2.2C8H17NO/c1-10(2)7-13-5-3-4-12(16)6-11(8-14)9-15;1-10(2)7-12-5-3-11(8-13,9-14)4-6-12;1-10(2)9-12-5-3-11(4-6-12)7-8-13;1-9(2)5-11-6-10(7-11)8-13-4-3-12;1-9(2)7-11-5-3-10(8-12)4-6-11;1-9(2)8-11-6-4-10(3)5-7-11;1-8(2)3-10-4-9(5-10,6-11)7-12;1-8(2)7-10-5-3-9-4-6-10;2*1-6(2)3-9-4-7(10)8(11)5-9;1-7(2)3-9-4-8(5-9)6-10;1-7(2)5-9-4-3-8(10)6-9/h10-11,13-15H,3-9H2,1-2H3;10,13-14H,3-9H2,1-2H3;10,13H,3-9H2,1-2H3;9-10,12H,3-8H2,1-2H3;9-10,12H,3-8H2,1-2H3;9H,4-8H2,1-3H3;8,11-12H,3-7H2,1-2H3;8-9H,3-7H2,1-2H3;2*6-8,10-11H,3-5H2,1-2H3;2*7-8,10H,3-6H2,1-2H3/t;;;;;;;;7-,8+;7-,8-;;8-/m.........0.1/s1. The van der Waals surface area contributed by atoms with Crippen molar-refractivity contribution in [3.05, 3.63) is 0 Å². The molecule has 32 nitrogen and oxygen atoms in total. The average molecular weight is 2050 g/mol. The molecule has 32 heteroatoms. The number of hydrogen-bond donors (Lipinski definition) is 17. The van der Waals surface area contributed by atoms with E-state index in [1.54, 1.807) is 0 Å². The zero-order valence-corrected chi connectivity index (χ0v) is 96.8. The quantitative estimate of drug-likeness (QED) is 0.0336. The molecule has 0 saturated carbocycles. The van der Waals surface area contributed by atoms with E-state index in [2.05, 4.69) is 248 Å². The fourth-order valence-corrected chi connectivity index (χ4v) is 19.7. The fraction of sp³-hybridized carbons (Fsp3) is 0.991. The summed E-state index contributed by atoms with van der Waals surface area (Å²) in [7, 11) is 2.20. The summed E-state index contributed by atoms with van der Waals surface area (Å²) in [5, 5.41) is 142. The number of aliphatic hydroxyl groups excluding tert-OH is 15. The van der Waals surface area contributed by atoms with Crippen molar-refractivity contribution < 1.29 is 86.1 Å². The third-order valence-corrected chi connectivity index (χ3v) is 27.1. The first-order chi connectivity index (χ1) is 67.5. The molecular formula is C111H237N15O17. The number of nitrogens with zero attached hydrogens (tertiary/aromatic N) is 13. The first-order valence-corrected chi connectivity index (χ1v) is 56.9. The maximum atomic E-state index is 11.4. The Labute approximate surface area is 876 Å². The molecule has 0 amide bonds. The number of nitrogens with one attached hydrogen (secondary N) is 2. The van der Waals surface area contributed by atoms with Crippen LogP contribution in [0.3, 0.4) is 0 Å². The molecule has 11 heterocycles. The molecule has 0 spiro atoms. The van der Waals surface area contributed by atoms with Crippen LogP contribution in [0.15, 0.2) is 0 Å². The number of β-amino-alcohol motifs (C(OH)–C–C–N with tert-alkyl or cyclic N) is 6. The van der Waals surface area contributed by atoms with Gasteiger partial charge in [0.05, 0.1) is 83.4 Å². The molecule has 11 aliphatic rings. The highest BCUT2D eigenvalue weighted by atomic mass is 16.5. The second kappa shape index (κ2) is 83.9. The topological polar surface area (TPSA) is 396 Å². The number of aliphatic hydroxyl groups is 15. The number of carbonyl (C=O) groups excluding carboxylic acids is 1. The summed E-state index contributed by atoms with van der Waals surface area (Å²) in [5.74, 6) is 10.3. The Balaban J connectivity index is 0.00000154. The number of Topliss-reactive ketones (excluding diaryl/α,β-unsaturated/α-hetero) is 1. The summed E-state index contributed by atoms with van der Waals surface area (Å²) in [6, 6.07) is 0. The minimum Gasteiger partial charge on any atom is -0.396 e. The molecule has 5 atom stereocenters. The summed E-state index contributed by atoms with van der Waals surface area (Å²) in [4.78, 5) is 42.3. The van der Waals surface area contributed by atoms with Crippen molar-refractivity contribution in [3.63, 3.8) is 0 Å². The van der Waals surface area contributed by atoms with Gasteiger partial charge in [-0.3, -0.25) is 19.5 Å². The zero-order chi connectivity index (χ0) is 108. The number of piperazine rings is 3. The molecule has 11 rings (SSSR count). The van der Waals surface area contributed by atoms with E-state index in [9.17, 15) is 40.5 Å². The van der Waals surface area contributed by atoms with Crippen molar-refractivity contribution in [3.8, 4) is 0 Å². The molecule has 0 aromatic rings. The maximum absolute atomic E-state index is 11.4. The number of ether oxygens (including phenoxy) is 1. The number of likely N-dealkylation sites (N-methyl/N-ethyl adjacent to an activating group) is 1. The van der Waals surface area contributed by atoms with Crippen molar-refractivity contribution in [2.45, 2.75) is 248 Å². The fourth-order valence-electron chi connectivity index (χ4n) is 19.7. The van der Waals surface area contributed by atoms with E-state index in [0.717, 1.165) is 205 Å². The van der Waals surface area contributed by atoms with Crippen molar-refractivity contribution in [2.75, 3.05) is 361 Å². The summed E-state index contributed by atoms with van der Waals surface area (Å²) < 4.78 is 5.26. The molecule has 0 aliphatic carbocycles. The number of piperidine rings is 2. The lowest BCUT2D eigenvalue weighted by atomic mass is 9.80. The summed E-state index contributed by atoms with van der Waals surface area (Å²) in [6.45, 7) is 101. The van der Waals surface area contributed by atoms with E-state index in [-0.39, 0.29) is 81.3 Å². The number of likely N-dealkylation sites (tertiary alicyclic amines) is 8. The molecule has 0 bridgehead atoms. The van der Waals surface area contributed by atoms with Gasteiger partial charge in [-0.1, -0.05) is 166 Å². The average Bonchev–Trinajstić information content (AvgIpc) is 1.32. The van der Waals surface area contributed by atoms with Gasteiger partial charge in [-0.2, -0.15) is 0 Å². The Morgan fingerprint density at radius 2 is 0.671 bits per heavy atom. The van der Waals surface area contributed by atoms with Gasteiger partial charge in [-0.25, -0.2) is 0 Å². The normalized spacial score (nSPS) is 22.9. The number of ketones is 1. The molecular weight excluding hydrogens is 1820 g/mol. The summed E-state index contributed by atoms with van der Waals surface area (Å²) >= 11 is 0. The van der Waals surface area contributed by atoms with Crippen LogP contribution in [0.5, 0.6) is 0 Å². The minimum atomic E-state index is -0.534. The van der Waals surface area contributed by atoms with Gasteiger partial charge >= 0.3 is 0 Å². The maximum Gasteiger partial charge on any atom is 0.133 e. The van der Waals surface area contributed by atoms with Crippen LogP contribution in [0.4, 0.5) is 0 Å². The summed E-state index contributed by atoms with van der Waals surface area (Å²) in [5.41, 5.74) is -0.400. The number of hydrogen-bond acceptors (Lipinski definition) is 32. The Bertz CT molecular complexity index is 2760. The van der Waals surface area contributed by atoms with Gasteiger partial charge < -0.3 is 141 Å². The van der Waals surface area contributed by atoms with E-state index >= 15 is 0 Å². The van der Waals surface area contributed by atoms with Gasteiger partial charge in [0.25, 0.3) is 0 Å². The van der Waals surface area contributed by atoms with E-state index in [4.69, 9.17) is 45.6 Å². The van der Waals surface area contributed by atoms with Gasteiger partial charge in [-0.15, -0.1) is 0 Å². The van der Waals surface area contributed by atoms with E-state index in [1.165, 1.54) is 131 Å². The Kier molecular flexibility index (Phi) is 82.9. The summed E-state index contributed by atoms with van der Waals surface area (Å²) in [6.07, 6.45) is 4.63. The highest BCUT2D eigenvalue weighted by molar-refractivity contribution is 5.78. The monoisotopic (exact) mass is 2050 g/mol. The lowest BCUT2D eigenvalue weighted by Gasteiger charge is -2.48. The largest absolute Gasteiger partial charge is 0.396 e. The molecule has 11 saturated heterocycles. The smallest absolute Gasteiger partial charge is 0.133 e. The van der Waals surface area contributed by atoms with Crippen LogP contribution in [-0.2, 0) is 9.53 Å². The molecule has 11 aliphatic heterocycles. The second-order valence-electron chi connectivity index (χ2n) is 49.1. The second-order valence-corrected chi connectivity index (χ2v) is 49.1.